The van der Waals surface area contributed by atoms with E-state index >= 15 is 0 Å². The summed E-state index contributed by atoms with van der Waals surface area (Å²) in [5, 5.41) is 24.0. The minimum Gasteiger partial charge on any atom is -0.411 e. The zero-order valence-corrected chi connectivity index (χ0v) is 13.6. The van der Waals surface area contributed by atoms with E-state index in [2.05, 4.69) is 15.3 Å². The molecule has 0 fully saturated rings. The molecule has 0 aliphatic carbocycles. The zero-order chi connectivity index (χ0) is 16.6. The SMILES string of the molecule is Cc1nn(C)c(Sc2nnc(-c3ccccc3Cl)o2)c1[N+](=O)[O-]. The first-order valence-electron chi connectivity index (χ1n) is 6.41. The highest BCUT2D eigenvalue weighted by Crippen LogP contribution is 2.37. The summed E-state index contributed by atoms with van der Waals surface area (Å²) >= 11 is 7.07. The molecule has 0 amide bonds. The van der Waals surface area contributed by atoms with E-state index < -0.39 is 4.92 Å². The number of hydrogen-bond donors (Lipinski definition) is 0. The third-order valence-corrected chi connectivity index (χ3v) is 4.34. The maximum absolute atomic E-state index is 11.2. The van der Waals surface area contributed by atoms with Crippen molar-refractivity contribution in [3.05, 3.63) is 45.1 Å². The summed E-state index contributed by atoms with van der Waals surface area (Å²) in [5.41, 5.74) is 0.852. The number of nitro groups is 1. The van der Waals surface area contributed by atoms with E-state index in [0.29, 0.717) is 21.3 Å². The number of aromatic nitrogens is 4. The first-order valence-corrected chi connectivity index (χ1v) is 7.61. The number of rotatable bonds is 4. The Morgan fingerprint density at radius 1 is 1.35 bits per heavy atom. The molecule has 118 valence electrons. The molecule has 0 saturated carbocycles. The van der Waals surface area contributed by atoms with Crippen molar-refractivity contribution in [3.8, 4) is 11.5 Å². The Hall–Kier alpha value is -2.39. The lowest BCUT2D eigenvalue weighted by Crippen LogP contribution is -1.94. The molecule has 23 heavy (non-hydrogen) atoms. The minimum absolute atomic E-state index is 0.0741. The van der Waals surface area contributed by atoms with Gasteiger partial charge < -0.3 is 4.42 Å². The number of hydrogen-bond acceptors (Lipinski definition) is 7. The lowest BCUT2D eigenvalue weighted by atomic mass is 10.2. The number of halogens is 1. The zero-order valence-electron chi connectivity index (χ0n) is 12.1. The lowest BCUT2D eigenvalue weighted by Gasteiger charge is -1.98. The van der Waals surface area contributed by atoms with Crippen LogP contribution in [0.1, 0.15) is 5.69 Å². The second kappa shape index (κ2) is 6.01. The predicted octanol–water partition coefficient (Wildman–Crippen LogP) is 3.49. The van der Waals surface area contributed by atoms with E-state index in [4.69, 9.17) is 16.0 Å². The van der Waals surface area contributed by atoms with Crippen LogP contribution in [0.5, 0.6) is 0 Å². The molecule has 0 N–H and O–H groups in total. The van der Waals surface area contributed by atoms with E-state index in [1.165, 1.54) is 4.68 Å². The second-order valence-corrected chi connectivity index (χ2v) is 5.92. The molecule has 0 aliphatic rings. The Bertz CT molecular complexity index is 892. The average Bonchev–Trinajstić information content (AvgIpc) is 3.05. The Kier molecular flexibility index (Phi) is 4.05. The van der Waals surface area contributed by atoms with Crippen molar-refractivity contribution in [1.82, 2.24) is 20.0 Å². The molecule has 10 heteroatoms. The fourth-order valence-electron chi connectivity index (χ4n) is 2.03. The molecule has 0 unspecified atom stereocenters. The van der Waals surface area contributed by atoms with Crippen molar-refractivity contribution in [1.29, 1.82) is 0 Å². The smallest absolute Gasteiger partial charge is 0.324 e. The van der Waals surface area contributed by atoms with Gasteiger partial charge in [0.25, 0.3) is 5.22 Å². The molecule has 0 aliphatic heterocycles. The van der Waals surface area contributed by atoms with Crippen LogP contribution in [0.25, 0.3) is 11.5 Å². The van der Waals surface area contributed by atoms with Crippen LogP contribution in [0.15, 0.2) is 38.9 Å². The second-order valence-electron chi connectivity index (χ2n) is 4.57. The maximum atomic E-state index is 11.2. The van der Waals surface area contributed by atoms with Gasteiger partial charge >= 0.3 is 5.69 Å². The maximum Gasteiger partial charge on any atom is 0.324 e. The lowest BCUT2D eigenvalue weighted by molar-refractivity contribution is -0.388. The Morgan fingerprint density at radius 3 is 2.78 bits per heavy atom. The van der Waals surface area contributed by atoms with Crippen LogP contribution < -0.4 is 0 Å². The van der Waals surface area contributed by atoms with Crippen LogP contribution in [-0.2, 0) is 7.05 Å². The van der Waals surface area contributed by atoms with Gasteiger partial charge in [0.2, 0.25) is 5.89 Å². The number of aryl methyl sites for hydroxylation is 2. The topological polar surface area (TPSA) is 99.9 Å². The molecule has 0 spiro atoms. The van der Waals surface area contributed by atoms with Crippen molar-refractivity contribution in [2.75, 3.05) is 0 Å². The molecule has 2 aromatic heterocycles. The highest BCUT2D eigenvalue weighted by Gasteiger charge is 2.26. The summed E-state index contributed by atoms with van der Waals surface area (Å²) in [4.78, 5) is 10.7. The van der Waals surface area contributed by atoms with Gasteiger partial charge in [-0.25, -0.2) is 0 Å². The van der Waals surface area contributed by atoms with Gasteiger partial charge in [0.1, 0.15) is 5.69 Å². The van der Waals surface area contributed by atoms with Crippen LogP contribution in [-0.4, -0.2) is 24.9 Å². The van der Waals surface area contributed by atoms with Gasteiger partial charge in [0.15, 0.2) is 5.03 Å². The third-order valence-electron chi connectivity index (χ3n) is 3.02. The van der Waals surface area contributed by atoms with Crippen molar-refractivity contribution >= 4 is 29.1 Å². The molecule has 2 heterocycles. The predicted molar refractivity (Wildman–Crippen MR) is 83.5 cm³/mol. The van der Waals surface area contributed by atoms with E-state index in [1.54, 1.807) is 38.2 Å². The van der Waals surface area contributed by atoms with E-state index in [1.807, 2.05) is 0 Å². The molecule has 0 saturated heterocycles. The van der Waals surface area contributed by atoms with Gasteiger partial charge in [0, 0.05) is 7.05 Å². The summed E-state index contributed by atoms with van der Waals surface area (Å²) in [7, 11) is 1.62. The normalized spacial score (nSPS) is 10.9. The highest BCUT2D eigenvalue weighted by atomic mass is 35.5. The summed E-state index contributed by atoms with van der Waals surface area (Å²) in [5.74, 6) is 0.250. The third kappa shape index (κ3) is 2.92. The van der Waals surface area contributed by atoms with E-state index in [9.17, 15) is 10.1 Å². The molecule has 0 atom stereocenters. The molecule has 1 aromatic carbocycles. The van der Waals surface area contributed by atoms with Crippen molar-refractivity contribution in [3.63, 3.8) is 0 Å². The molecular weight excluding hydrogens is 342 g/mol. The molecule has 3 rings (SSSR count). The fraction of sp³-hybridized carbons (Fsp3) is 0.154. The van der Waals surface area contributed by atoms with Crippen molar-refractivity contribution in [2.24, 2.45) is 7.05 Å². The molecule has 3 aromatic rings. The number of benzene rings is 1. The Labute approximate surface area is 139 Å². The summed E-state index contributed by atoms with van der Waals surface area (Å²) in [6.45, 7) is 1.57. The average molecular weight is 352 g/mol. The highest BCUT2D eigenvalue weighted by molar-refractivity contribution is 7.99. The Morgan fingerprint density at radius 2 is 2.09 bits per heavy atom. The largest absolute Gasteiger partial charge is 0.411 e. The van der Waals surface area contributed by atoms with E-state index in [-0.39, 0.29) is 16.8 Å². The van der Waals surface area contributed by atoms with E-state index in [0.717, 1.165) is 11.8 Å². The Balaban J connectivity index is 1.95. The van der Waals surface area contributed by atoms with Gasteiger partial charge in [-0.15, -0.1) is 10.2 Å². The first-order chi connectivity index (χ1) is 11.0. The van der Waals surface area contributed by atoms with Crippen LogP contribution >= 0.6 is 23.4 Å². The molecular formula is C13H10ClN5O3S. The standard InChI is InChI=1S/C13H10ClN5O3S/c1-7-10(19(20)21)12(18(2)17-7)23-13-16-15-11(22-13)8-5-3-4-6-9(8)14/h3-6H,1-2H3. The van der Waals surface area contributed by atoms with Crippen molar-refractivity contribution < 1.29 is 9.34 Å². The summed E-state index contributed by atoms with van der Waals surface area (Å²) in [6.07, 6.45) is 0. The van der Waals surface area contributed by atoms with Crippen LogP contribution in [0.2, 0.25) is 5.02 Å². The summed E-state index contributed by atoms with van der Waals surface area (Å²) in [6, 6.07) is 7.05. The van der Waals surface area contributed by atoms with Crippen LogP contribution in [0.3, 0.4) is 0 Å². The van der Waals surface area contributed by atoms with Gasteiger partial charge in [0.05, 0.1) is 15.5 Å². The van der Waals surface area contributed by atoms with Crippen LogP contribution in [0.4, 0.5) is 5.69 Å². The molecule has 8 nitrogen and oxygen atoms in total. The molecule has 0 radical (unpaired) electrons. The number of nitrogens with zero attached hydrogens (tertiary/aromatic N) is 5. The van der Waals surface area contributed by atoms with Gasteiger partial charge in [-0.1, -0.05) is 23.7 Å². The fourth-order valence-corrected chi connectivity index (χ4v) is 3.10. The van der Waals surface area contributed by atoms with Crippen LogP contribution in [0, 0.1) is 17.0 Å². The van der Waals surface area contributed by atoms with Crippen molar-refractivity contribution in [2.45, 2.75) is 17.2 Å². The quantitative estimate of drug-likeness (QED) is 0.523. The van der Waals surface area contributed by atoms with Gasteiger partial charge in [-0.3, -0.25) is 14.8 Å². The monoisotopic (exact) mass is 351 g/mol. The summed E-state index contributed by atoms with van der Waals surface area (Å²) < 4.78 is 6.96. The van der Waals surface area contributed by atoms with Gasteiger partial charge in [-0.2, -0.15) is 5.10 Å². The molecule has 0 bridgehead atoms. The van der Waals surface area contributed by atoms with Gasteiger partial charge in [-0.05, 0) is 30.8 Å². The minimum atomic E-state index is -0.476. The first kappa shape index (κ1) is 15.5.